The molecule has 0 aliphatic heterocycles. The van der Waals surface area contributed by atoms with Crippen LogP contribution in [0.3, 0.4) is 0 Å². The van der Waals surface area contributed by atoms with Gasteiger partial charge >= 0.3 is 0 Å². The van der Waals surface area contributed by atoms with Gasteiger partial charge in [-0.3, -0.25) is 0 Å². The number of hydrogen-bond acceptors (Lipinski definition) is 3. The van der Waals surface area contributed by atoms with E-state index in [-0.39, 0.29) is 6.61 Å². The van der Waals surface area contributed by atoms with Gasteiger partial charge in [0, 0.05) is 6.54 Å². The van der Waals surface area contributed by atoms with Crippen molar-refractivity contribution in [3.63, 3.8) is 0 Å². The first kappa shape index (κ1) is 8.47. The third-order valence-electron chi connectivity index (χ3n) is 1.89. The first-order valence-corrected chi connectivity index (χ1v) is 4.95. The summed E-state index contributed by atoms with van der Waals surface area (Å²) in [5.74, 6) is 0. The standard InChI is InChI=1S/C9H10N2OS/c12-5-9-3-10-7-11(9)4-8-1-2-13-6-8/h1-3,6-7,12H,4-5H2. The van der Waals surface area contributed by atoms with E-state index >= 15 is 0 Å². The Bertz CT molecular complexity index is 367. The van der Waals surface area contributed by atoms with Crippen molar-refractivity contribution in [1.82, 2.24) is 9.55 Å². The van der Waals surface area contributed by atoms with Crippen LogP contribution in [-0.2, 0) is 13.2 Å². The second-order valence-electron chi connectivity index (χ2n) is 2.80. The Labute approximate surface area is 80.3 Å². The van der Waals surface area contributed by atoms with Crippen molar-refractivity contribution in [3.8, 4) is 0 Å². The van der Waals surface area contributed by atoms with E-state index in [2.05, 4.69) is 16.4 Å². The minimum atomic E-state index is 0.0458. The van der Waals surface area contributed by atoms with Gasteiger partial charge in [0.15, 0.2) is 0 Å². The molecular weight excluding hydrogens is 184 g/mol. The lowest BCUT2D eigenvalue weighted by Gasteiger charge is -2.03. The minimum Gasteiger partial charge on any atom is -0.390 e. The molecule has 0 radical (unpaired) electrons. The summed E-state index contributed by atoms with van der Waals surface area (Å²) in [6.07, 6.45) is 3.43. The second kappa shape index (κ2) is 3.72. The van der Waals surface area contributed by atoms with Crippen LogP contribution in [0, 0.1) is 0 Å². The predicted octanol–water partition coefficient (Wildman–Crippen LogP) is 1.49. The van der Waals surface area contributed by atoms with Gasteiger partial charge in [-0.15, -0.1) is 0 Å². The molecule has 0 saturated carbocycles. The number of hydrogen-bond donors (Lipinski definition) is 1. The fourth-order valence-electron chi connectivity index (χ4n) is 1.20. The maximum atomic E-state index is 8.98. The molecule has 1 N–H and O–H groups in total. The van der Waals surface area contributed by atoms with Gasteiger partial charge in [0.2, 0.25) is 0 Å². The summed E-state index contributed by atoms with van der Waals surface area (Å²) in [7, 11) is 0. The number of thiophene rings is 1. The number of rotatable bonds is 3. The highest BCUT2D eigenvalue weighted by atomic mass is 32.1. The molecule has 0 aromatic carbocycles. The van der Waals surface area contributed by atoms with Crippen molar-refractivity contribution < 1.29 is 5.11 Å². The van der Waals surface area contributed by atoms with Crippen LogP contribution >= 0.6 is 11.3 Å². The summed E-state index contributed by atoms with van der Waals surface area (Å²) < 4.78 is 1.95. The highest BCUT2D eigenvalue weighted by Gasteiger charge is 2.00. The highest BCUT2D eigenvalue weighted by molar-refractivity contribution is 7.07. The molecule has 0 spiro atoms. The van der Waals surface area contributed by atoms with Crippen LogP contribution in [0.5, 0.6) is 0 Å². The lowest BCUT2D eigenvalue weighted by molar-refractivity contribution is 0.271. The average Bonchev–Trinajstić information content (AvgIpc) is 2.76. The molecule has 0 saturated heterocycles. The smallest absolute Gasteiger partial charge is 0.0952 e. The van der Waals surface area contributed by atoms with Crippen molar-refractivity contribution >= 4 is 11.3 Å². The van der Waals surface area contributed by atoms with E-state index < -0.39 is 0 Å². The topological polar surface area (TPSA) is 38.1 Å². The lowest BCUT2D eigenvalue weighted by Crippen LogP contribution is -2.01. The predicted molar refractivity (Wildman–Crippen MR) is 51.6 cm³/mol. The fraction of sp³-hybridized carbons (Fsp3) is 0.222. The number of aliphatic hydroxyl groups is 1. The van der Waals surface area contributed by atoms with E-state index in [0.717, 1.165) is 12.2 Å². The molecule has 0 atom stereocenters. The van der Waals surface area contributed by atoms with E-state index in [1.807, 2.05) is 9.95 Å². The molecule has 13 heavy (non-hydrogen) atoms. The molecule has 0 fully saturated rings. The molecule has 0 unspecified atom stereocenters. The number of imidazole rings is 1. The number of aromatic nitrogens is 2. The van der Waals surface area contributed by atoms with Crippen LogP contribution in [0.2, 0.25) is 0 Å². The molecule has 4 heteroatoms. The lowest BCUT2D eigenvalue weighted by atomic mass is 10.3. The van der Waals surface area contributed by atoms with Crippen molar-refractivity contribution in [3.05, 3.63) is 40.6 Å². The van der Waals surface area contributed by atoms with Crippen molar-refractivity contribution in [2.45, 2.75) is 13.2 Å². The van der Waals surface area contributed by atoms with Crippen LogP contribution in [0.1, 0.15) is 11.3 Å². The van der Waals surface area contributed by atoms with Crippen LogP contribution in [0.4, 0.5) is 0 Å². The van der Waals surface area contributed by atoms with E-state index in [1.54, 1.807) is 23.9 Å². The van der Waals surface area contributed by atoms with Crippen molar-refractivity contribution in [1.29, 1.82) is 0 Å². The molecular formula is C9H10N2OS. The Morgan fingerprint density at radius 2 is 2.46 bits per heavy atom. The molecule has 2 aromatic heterocycles. The summed E-state index contributed by atoms with van der Waals surface area (Å²) in [6.45, 7) is 0.837. The first-order valence-electron chi connectivity index (χ1n) is 4.01. The van der Waals surface area contributed by atoms with Crippen LogP contribution < -0.4 is 0 Å². The van der Waals surface area contributed by atoms with Gasteiger partial charge in [0.1, 0.15) is 0 Å². The van der Waals surface area contributed by atoms with Crippen LogP contribution in [0.25, 0.3) is 0 Å². The first-order chi connectivity index (χ1) is 6.40. The molecule has 0 aliphatic carbocycles. The van der Waals surface area contributed by atoms with Gasteiger partial charge in [0.25, 0.3) is 0 Å². The van der Waals surface area contributed by atoms with Gasteiger partial charge in [-0.05, 0) is 22.4 Å². The molecule has 2 aromatic rings. The zero-order valence-corrected chi connectivity index (χ0v) is 7.87. The zero-order valence-electron chi connectivity index (χ0n) is 7.05. The molecule has 0 amide bonds. The zero-order chi connectivity index (χ0) is 9.10. The van der Waals surface area contributed by atoms with Gasteiger partial charge < -0.3 is 9.67 Å². The van der Waals surface area contributed by atoms with Gasteiger partial charge in [-0.2, -0.15) is 11.3 Å². The fourth-order valence-corrected chi connectivity index (χ4v) is 1.86. The Kier molecular flexibility index (Phi) is 2.42. The van der Waals surface area contributed by atoms with Crippen LogP contribution in [0.15, 0.2) is 29.4 Å². The normalized spacial score (nSPS) is 10.5. The Morgan fingerprint density at radius 3 is 3.15 bits per heavy atom. The molecule has 2 heterocycles. The van der Waals surface area contributed by atoms with E-state index in [1.165, 1.54) is 5.56 Å². The SMILES string of the molecule is OCc1cncn1Cc1ccsc1. The van der Waals surface area contributed by atoms with Gasteiger partial charge in [-0.1, -0.05) is 0 Å². The highest BCUT2D eigenvalue weighted by Crippen LogP contribution is 2.09. The monoisotopic (exact) mass is 194 g/mol. The maximum Gasteiger partial charge on any atom is 0.0952 e. The summed E-state index contributed by atoms with van der Waals surface area (Å²) in [5, 5.41) is 13.1. The summed E-state index contributed by atoms with van der Waals surface area (Å²) in [5.41, 5.74) is 2.10. The quantitative estimate of drug-likeness (QED) is 0.803. The van der Waals surface area contributed by atoms with Gasteiger partial charge in [0.05, 0.1) is 24.8 Å². The molecule has 3 nitrogen and oxygen atoms in total. The van der Waals surface area contributed by atoms with E-state index in [4.69, 9.17) is 5.11 Å². The third-order valence-corrected chi connectivity index (χ3v) is 2.63. The molecule has 0 bridgehead atoms. The minimum absolute atomic E-state index is 0.0458. The maximum absolute atomic E-state index is 8.98. The summed E-state index contributed by atoms with van der Waals surface area (Å²) in [6, 6.07) is 2.08. The molecule has 68 valence electrons. The van der Waals surface area contributed by atoms with Gasteiger partial charge in [-0.25, -0.2) is 4.98 Å². The molecule has 2 rings (SSSR count). The Morgan fingerprint density at radius 1 is 1.54 bits per heavy atom. The summed E-state index contributed by atoms with van der Waals surface area (Å²) >= 11 is 1.68. The van der Waals surface area contributed by atoms with E-state index in [0.29, 0.717) is 0 Å². The van der Waals surface area contributed by atoms with Crippen LogP contribution in [-0.4, -0.2) is 14.7 Å². The Hall–Kier alpha value is -1.13. The van der Waals surface area contributed by atoms with E-state index in [9.17, 15) is 0 Å². The largest absolute Gasteiger partial charge is 0.390 e. The Balaban J connectivity index is 2.18. The third kappa shape index (κ3) is 1.79. The summed E-state index contributed by atoms with van der Waals surface area (Å²) in [4.78, 5) is 3.98. The molecule has 0 aliphatic rings. The van der Waals surface area contributed by atoms with Crippen molar-refractivity contribution in [2.75, 3.05) is 0 Å². The number of aliphatic hydroxyl groups excluding tert-OH is 1. The average molecular weight is 194 g/mol. The van der Waals surface area contributed by atoms with Crippen molar-refractivity contribution in [2.24, 2.45) is 0 Å². The number of nitrogens with zero attached hydrogens (tertiary/aromatic N) is 2. The second-order valence-corrected chi connectivity index (χ2v) is 3.58.